The van der Waals surface area contributed by atoms with Gasteiger partial charge in [-0.1, -0.05) is 31.4 Å². The monoisotopic (exact) mass is 304 g/mol. The van der Waals surface area contributed by atoms with Crippen LogP contribution in [0.25, 0.3) is 0 Å². The molecule has 22 heavy (non-hydrogen) atoms. The molecule has 2 saturated carbocycles. The van der Waals surface area contributed by atoms with E-state index in [0.29, 0.717) is 6.42 Å². The molecule has 2 aliphatic carbocycles. The van der Waals surface area contributed by atoms with Crippen LogP contribution < -0.4 is 10.6 Å². The Morgan fingerprint density at radius 2 is 1.68 bits per heavy atom. The van der Waals surface area contributed by atoms with Crippen molar-refractivity contribution in [2.75, 3.05) is 5.32 Å². The van der Waals surface area contributed by atoms with Gasteiger partial charge in [-0.2, -0.15) is 0 Å². The second-order valence-corrected chi connectivity index (χ2v) is 6.26. The minimum Gasteiger partial charge on any atom is -0.353 e. The maximum atomic E-state index is 13.5. The number of halogens is 1. The van der Waals surface area contributed by atoms with Crippen molar-refractivity contribution in [3.63, 3.8) is 0 Å². The number of nitrogens with one attached hydrogen (secondary N) is 2. The molecule has 4 nitrogen and oxygen atoms in total. The third-order valence-electron chi connectivity index (χ3n) is 4.55. The van der Waals surface area contributed by atoms with Gasteiger partial charge in [0.1, 0.15) is 5.82 Å². The summed E-state index contributed by atoms with van der Waals surface area (Å²) in [6.45, 7) is 0. The first kappa shape index (κ1) is 15.0. The summed E-state index contributed by atoms with van der Waals surface area (Å²) in [6.07, 6.45) is 6.18. The molecular weight excluding hydrogens is 283 g/mol. The van der Waals surface area contributed by atoms with Crippen molar-refractivity contribution in [3.05, 3.63) is 30.1 Å². The predicted octanol–water partition coefficient (Wildman–Crippen LogP) is 2.85. The lowest BCUT2D eigenvalue weighted by atomic mass is 9.95. The maximum absolute atomic E-state index is 13.5. The number of hydrogen-bond acceptors (Lipinski definition) is 2. The van der Waals surface area contributed by atoms with Crippen LogP contribution in [-0.4, -0.2) is 17.9 Å². The number of hydrogen-bond donors (Lipinski definition) is 2. The van der Waals surface area contributed by atoms with E-state index < -0.39 is 5.82 Å². The van der Waals surface area contributed by atoms with E-state index in [4.69, 9.17) is 0 Å². The van der Waals surface area contributed by atoms with E-state index in [2.05, 4.69) is 10.6 Å². The second kappa shape index (κ2) is 6.46. The Balaban J connectivity index is 1.49. The van der Waals surface area contributed by atoms with Crippen LogP contribution in [0.15, 0.2) is 24.3 Å². The maximum Gasteiger partial charge on any atom is 0.228 e. The fourth-order valence-corrected chi connectivity index (χ4v) is 3.12. The van der Waals surface area contributed by atoms with Crippen molar-refractivity contribution < 1.29 is 14.0 Å². The van der Waals surface area contributed by atoms with Crippen molar-refractivity contribution in [3.8, 4) is 0 Å². The van der Waals surface area contributed by atoms with Crippen LogP contribution >= 0.6 is 0 Å². The Hall–Kier alpha value is -1.91. The van der Waals surface area contributed by atoms with Crippen molar-refractivity contribution in [2.24, 2.45) is 11.8 Å². The highest BCUT2D eigenvalue weighted by atomic mass is 19.1. The molecule has 2 aliphatic rings. The Bertz CT molecular complexity index is 570. The van der Waals surface area contributed by atoms with Gasteiger partial charge in [0.25, 0.3) is 0 Å². The van der Waals surface area contributed by atoms with Gasteiger partial charge < -0.3 is 10.6 Å². The Labute approximate surface area is 129 Å². The molecular formula is C17H21FN2O2. The average molecular weight is 304 g/mol. The molecule has 2 amide bonds. The Kier molecular flexibility index (Phi) is 4.41. The SMILES string of the molecule is O=C(Nc1ccccc1F)C1CC1C(=O)NC1CCCCC1. The van der Waals surface area contributed by atoms with Crippen LogP contribution in [0, 0.1) is 17.7 Å². The zero-order chi connectivity index (χ0) is 15.5. The molecule has 2 N–H and O–H groups in total. The standard InChI is InChI=1S/C17H21FN2O2/c18-14-8-4-5-9-15(14)20-17(22)13-10-12(13)16(21)19-11-6-2-1-3-7-11/h4-5,8-9,11-13H,1-3,6-7,10H2,(H,19,21)(H,20,22). The molecule has 3 rings (SSSR count). The highest BCUT2D eigenvalue weighted by Crippen LogP contribution is 2.40. The average Bonchev–Trinajstić information content (AvgIpc) is 3.31. The minimum atomic E-state index is -0.459. The summed E-state index contributed by atoms with van der Waals surface area (Å²) >= 11 is 0. The van der Waals surface area contributed by atoms with E-state index in [-0.39, 0.29) is 35.4 Å². The van der Waals surface area contributed by atoms with Crippen molar-refractivity contribution >= 4 is 17.5 Å². The molecule has 118 valence electrons. The third kappa shape index (κ3) is 3.46. The fraction of sp³-hybridized carbons (Fsp3) is 0.529. The van der Waals surface area contributed by atoms with Crippen molar-refractivity contribution in [1.29, 1.82) is 0 Å². The minimum absolute atomic E-state index is 0.0272. The van der Waals surface area contributed by atoms with Gasteiger partial charge in [-0.3, -0.25) is 9.59 Å². The highest BCUT2D eigenvalue weighted by Gasteiger charge is 2.48. The lowest BCUT2D eigenvalue weighted by Gasteiger charge is -2.22. The molecule has 0 bridgehead atoms. The zero-order valence-corrected chi connectivity index (χ0v) is 12.5. The number of rotatable bonds is 4. The molecule has 2 fully saturated rings. The summed E-state index contributed by atoms with van der Waals surface area (Å²) in [6, 6.07) is 6.32. The van der Waals surface area contributed by atoms with Gasteiger partial charge >= 0.3 is 0 Å². The predicted molar refractivity (Wildman–Crippen MR) is 81.6 cm³/mol. The molecule has 2 atom stereocenters. The van der Waals surface area contributed by atoms with Gasteiger partial charge in [-0.25, -0.2) is 4.39 Å². The molecule has 0 saturated heterocycles. The number of carbonyl (C=O) groups excluding carboxylic acids is 2. The third-order valence-corrected chi connectivity index (χ3v) is 4.55. The number of carbonyl (C=O) groups is 2. The summed E-state index contributed by atoms with van der Waals surface area (Å²) in [5, 5.41) is 5.61. The zero-order valence-electron chi connectivity index (χ0n) is 12.5. The van der Waals surface area contributed by atoms with Gasteiger partial charge in [0.2, 0.25) is 11.8 Å². The Morgan fingerprint density at radius 3 is 2.41 bits per heavy atom. The van der Waals surface area contributed by atoms with E-state index in [9.17, 15) is 14.0 Å². The van der Waals surface area contributed by atoms with Crippen LogP contribution in [0.2, 0.25) is 0 Å². The lowest BCUT2D eigenvalue weighted by Crippen LogP contribution is -2.37. The molecule has 2 unspecified atom stereocenters. The van der Waals surface area contributed by atoms with E-state index in [1.165, 1.54) is 18.6 Å². The van der Waals surface area contributed by atoms with Gasteiger partial charge in [0, 0.05) is 6.04 Å². The number of benzene rings is 1. The van der Waals surface area contributed by atoms with E-state index in [0.717, 1.165) is 25.7 Å². The molecule has 0 spiro atoms. The van der Waals surface area contributed by atoms with Crippen molar-refractivity contribution in [2.45, 2.75) is 44.6 Å². The smallest absolute Gasteiger partial charge is 0.228 e. The quantitative estimate of drug-likeness (QED) is 0.898. The van der Waals surface area contributed by atoms with Gasteiger partial charge in [-0.15, -0.1) is 0 Å². The van der Waals surface area contributed by atoms with Gasteiger partial charge in [-0.05, 0) is 31.4 Å². The molecule has 5 heteroatoms. The van der Waals surface area contributed by atoms with Crippen LogP contribution in [0.1, 0.15) is 38.5 Å². The largest absolute Gasteiger partial charge is 0.353 e. The van der Waals surface area contributed by atoms with E-state index in [1.807, 2.05) is 0 Å². The van der Waals surface area contributed by atoms with E-state index >= 15 is 0 Å². The molecule has 1 aromatic rings. The van der Waals surface area contributed by atoms with Crippen LogP contribution in [0.4, 0.5) is 10.1 Å². The Morgan fingerprint density at radius 1 is 1.00 bits per heavy atom. The normalized spacial score (nSPS) is 24.6. The molecule has 1 aromatic carbocycles. The van der Waals surface area contributed by atoms with Crippen LogP contribution in [0.3, 0.4) is 0 Å². The molecule has 0 aromatic heterocycles. The van der Waals surface area contributed by atoms with E-state index in [1.54, 1.807) is 12.1 Å². The summed E-state index contributed by atoms with van der Waals surface area (Å²) in [7, 11) is 0. The first-order chi connectivity index (χ1) is 10.6. The summed E-state index contributed by atoms with van der Waals surface area (Å²) < 4.78 is 13.5. The fourth-order valence-electron chi connectivity index (χ4n) is 3.12. The number of amides is 2. The summed E-state index contributed by atoms with van der Waals surface area (Å²) in [4.78, 5) is 24.2. The second-order valence-electron chi connectivity index (χ2n) is 6.26. The topological polar surface area (TPSA) is 58.2 Å². The summed E-state index contributed by atoms with van der Waals surface area (Å²) in [5.41, 5.74) is 0.172. The van der Waals surface area contributed by atoms with Gasteiger partial charge in [0.05, 0.1) is 17.5 Å². The van der Waals surface area contributed by atoms with Crippen molar-refractivity contribution in [1.82, 2.24) is 5.32 Å². The molecule has 0 aliphatic heterocycles. The van der Waals surface area contributed by atoms with Gasteiger partial charge in [0.15, 0.2) is 0 Å². The number of anilines is 1. The lowest BCUT2D eigenvalue weighted by molar-refractivity contribution is -0.126. The van der Waals surface area contributed by atoms with Crippen LogP contribution in [-0.2, 0) is 9.59 Å². The molecule has 0 heterocycles. The number of para-hydroxylation sites is 1. The van der Waals surface area contributed by atoms with Crippen LogP contribution in [0.5, 0.6) is 0 Å². The molecule has 0 radical (unpaired) electrons. The summed E-state index contributed by atoms with van der Waals surface area (Å²) in [5.74, 6) is -1.34. The first-order valence-corrected chi connectivity index (χ1v) is 8.01. The first-order valence-electron chi connectivity index (χ1n) is 8.01. The highest BCUT2D eigenvalue weighted by molar-refractivity contribution is 5.99.